The van der Waals surface area contributed by atoms with Crippen LogP contribution < -0.4 is 0 Å². The predicted octanol–water partition coefficient (Wildman–Crippen LogP) is -0.723. The van der Waals surface area contributed by atoms with E-state index in [2.05, 4.69) is 16.8 Å². The minimum atomic E-state index is -0.699. The van der Waals surface area contributed by atoms with E-state index >= 15 is 0 Å². The summed E-state index contributed by atoms with van der Waals surface area (Å²) in [5.41, 5.74) is 0. The van der Waals surface area contributed by atoms with Gasteiger partial charge in [0.1, 0.15) is 12.3 Å². The second-order valence-electron chi connectivity index (χ2n) is 0.991. The van der Waals surface area contributed by atoms with E-state index in [1.807, 2.05) is 0 Å². The lowest BCUT2D eigenvalue weighted by Gasteiger charge is -1.90. The third-order valence-corrected chi connectivity index (χ3v) is 0.750. The van der Waals surface area contributed by atoms with Gasteiger partial charge in [-0.3, -0.25) is 0 Å². The molecule has 0 aliphatic carbocycles. The molecule has 1 atom stereocenters. The Bertz CT molecular complexity index is 67.3. The van der Waals surface area contributed by atoms with Crippen LogP contribution in [0.25, 0.3) is 0 Å². The zero-order valence-corrected chi connectivity index (χ0v) is 4.39. The number of aliphatic hydroxyl groups excluding tert-OH is 1. The van der Waals surface area contributed by atoms with Gasteiger partial charge in [0, 0.05) is 12.4 Å². The summed E-state index contributed by atoms with van der Waals surface area (Å²) < 4.78 is 3.09. The van der Waals surface area contributed by atoms with Crippen LogP contribution in [0, 0.1) is 0 Å². The Labute approximate surface area is 46.5 Å². The quantitative estimate of drug-likeness (QED) is 0.498. The first-order valence-electron chi connectivity index (χ1n) is 1.73. The summed E-state index contributed by atoms with van der Waals surface area (Å²) in [4.78, 5) is 9.65. The van der Waals surface area contributed by atoms with Gasteiger partial charge in [0.25, 0.3) is 0 Å². The molecule has 0 aromatic heterocycles. The topological polar surface area (TPSA) is 49.7 Å². The maximum Gasteiger partial charge on any atom is 0.147 e. The van der Waals surface area contributed by atoms with E-state index in [4.69, 9.17) is 5.11 Å². The van der Waals surface area contributed by atoms with Crippen LogP contribution in [-0.2, 0) is 17.2 Å². The summed E-state index contributed by atoms with van der Waals surface area (Å²) in [6.45, 7) is -0.285. The molecular formula is C3H5NO2S. The molecule has 3 nitrogen and oxygen atoms in total. The average Bonchev–Trinajstić information content (AvgIpc) is 1.72. The Hall–Kier alpha value is -0.350. The zero-order chi connectivity index (χ0) is 5.70. The smallest absolute Gasteiger partial charge is 0.147 e. The molecule has 0 radical (unpaired) electrons. The van der Waals surface area contributed by atoms with E-state index < -0.39 is 6.04 Å². The highest BCUT2D eigenvalue weighted by Crippen LogP contribution is 1.78. The molecule has 7 heavy (non-hydrogen) atoms. The molecule has 0 aliphatic rings. The second-order valence-corrected chi connectivity index (χ2v) is 1.20. The highest BCUT2D eigenvalue weighted by atomic mass is 32.1. The Balaban J connectivity index is 3.36. The van der Waals surface area contributed by atoms with Crippen molar-refractivity contribution in [1.82, 2.24) is 0 Å². The fraction of sp³-hybridized carbons (Fsp3) is 0.667. The van der Waals surface area contributed by atoms with Gasteiger partial charge in [-0.15, -0.1) is 0 Å². The van der Waals surface area contributed by atoms with E-state index in [0.717, 1.165) is 0 Å². The van der Waals surface area contributed by atoms with Crippen molar-refractivity contribution in [2.45, 2.75) is 6.04 Å². The number of carbonyl (C=O) groups excluding carboxylic acids is 1. The van der Waals surface area contributed by atoms with Crippen molar-refractivity contribution in [3.05, 3.63) is 0 Å². The summed E-state index contributed by atoms with van der Waals surface area (Å²) >= 11 is 4.11. The molecule has 4 heteroatoms. The molecule has 0 fully saturated rings. The van der Waals surface area contributed by atoms with Crippen molar-refractivity contribution >= 4 is 18.7 Å². The summed E-state index contributed by atoms with van der Waals surface area (Å²) in [7, 11) is 0. The van der Waals surface area contributed by atoms with Crippen LogP contribution in [0.4, 0.5) is 0 Å². The van der Waals surface area contributed by atoms with Gasteiger partial charge in [-0.25, -0.2) is 4.36 Å². The lowest BCUT2D eigenvalue weighted by Crippen LogP contribution is -2.09. The first-order chi connectivity index (χ1) is 3.35. The molecule has 0 unspecified atom stereocenters. The highest BCUT2D eigenvalue weighted by Gasteiger charge is 1.97. The van der Waals surface area contributed by atoms with Gasteiger partial charge in [-0.05, 0) is 0 Å². The van der Waals surface area contributed by atoms with E-state index in [1.165, 1.54) is 0 Å². The van der Waals surface area contributed by atoms with Crippen LogP contribution in [0.2, 0.25) is 0 Å². The number of aliphatic hydroxyl groups is 1. The van der Waals surface area contributed by atoms with Crippen LogP contribution in [-0.4, -0.2) is 24.0 Å². The van der Waals surface area contributed by atoms with Crippen LogP contribution in [0.3, 0.4) is 0 Å². The molecule has 1 N–H and O–H groups in total. The highest BCUT2D eigenvalue weighted by molar-refractivity contribution is 7.47. The van der Waals surface area contributed by atoms with E-state index in [9.17, 15) is 4.79 Å². The van der Waals surface area contributed by atoms with Gasteiger partial charge in [-0.2, -0.15) is 0 Å². The maximum atomic E-state index is 9.65. The molecule has 40 valence electrons. The molecule has 0 spiro atoms. The Morgan fingerprint density at radius 3 is 2.57 bits per heavy atom. The monoisotopic (exact) mass is 119 g/mol. The van der Waals surface area contributed by atoms with Gasteiger partial charge in [-0.1, -0.05) is 0 Å². The third-order valence-electron chi connectivity index (χ3n) is 0.480. The lowest BCUT2D eigenvalue weighted by atomic mass is 10.4. The van der Waals surface area contributed by atoms with Crippen molar-refractivity contribution in [1.29, 1.82) is 0 Å². The number of carbonyl (C=O) groups is 1. The fourth-order valence-electron chi connectivity index (χ4n) is 0.101. The van der Waals surface area contributed by atoms with Gasteiger partial charge in [0.05, 0.1) is 6.61 Å². The zero-order valence-electron chi connectivity index (χ0n) is 3.57. The van der Waals surface area contributed by atoms with Crippen molar-refractivity contribution < 1.29 is 9.90 Å². The third kappa shape index (κ3) is 2.36. The van der Waals surface area contributed by atoms with Gasteiger partial charge < -0.3 is 9.90 Å². The van der Waals surface area contributed by atoms with Crippen LogP contribution in [0.15, 0.2) is 4.36 Å². The van der Waals surface area contributed by atoms with E-state index in [0.29, 0.717) is 6.29 Å². The summed E-state index contributed by atoms with van der Waals surface area (Å²) in [5.74, 6) is 0. The first-order valence-corrected chi connectivity index (χ1v) is 2.10. The molecule has 0 saturated carbocycles. The largest absolute Gasteiger partial charge is 0.394 e. The van der Waals surface area contributed by atoms with Crippen LogP contribution >= 0.6 is 0 Å². The first kappa shape index (κ1) is 6.65. The molecular weight excluding hydrogens is 114 g/mol. The molecule has 0 saturated heterocycles. The van der Waals surface area contributed by atoms with Gasteiger partial charge in [0.15, 0.2) is 0 Å². The van der Waals surface area contributed by atoms with E-state index in [1.54, 1.807) is 0 Å². The second kappa shape index (κ2) is 3.83. The molecule has 0 aromatic rings. The number of aldehydes is 1. The van der Waals surface area contributed by atoms with Crippen molar-refractivity contribution in [3.63, 3.8) is 0 Å². The van der Waals surface area contributed by atoms with Crippen molar-refractivity contribution in [2.75, 3.05) is 6.61 Å². The predicted molar refractivity (Wildman–Crippen MR) is 26.7 cm³/mol. The summed E-state index contributed by atoms with van der Waals surface area (Å²) in [6, 6.07) is -0.699. The van der Waals surface area contributed by atoms with Crippen molar-refractivity contribution in [3.8, 4) is 0 Å². The minimum absolute atomic E-state index is 0.285. The van der Waals surface area contributed by atoms with Crippen LogP contribution in [0.5, 0.6) is 0 Å². The van der Waals surface area contributed by atoms with Crippen molar-refractivity contribution in [2.24, 2.45) is 4.36 Å². The molecule has 0 aromatic carbocycles. The number of nitrogens with zero attached hydrogens (tertiary/aromatic N) is 1. The number of rotatable bonds is 3. The fourth-order valence-corrected chi connectivity index (χ4v) is 0.218. The lowest BCUT2D eigenvalue weighted by molar-refractivity contribution is -0.109. The van der Waals surface area contributed by atoms with Crippen LogP contribution in [0.1, 0.15) is 0 Å². The Morgan fingerprint density at radius 1 is 2.00 bits per heavy atom. The SMILES string of the molecule is O=C[C@H](CO)N=S. The number of hydrogen-bond donors (Lipinski definition) is 1. The summed E-state index contributed by atoms with van der Waals surface area (Å²) in [5, 5.41) is 8.13. The molecule has 0 amide bonds. The minimum Gasteiger partial charge on any atom is -0.394 e. The van der Waals surface area contributed by atoms with Gasteiger partial charge in [0.2, 0.25) is 0 Å². The molecule has 0 bridgehead atoms. The number of hydrogen-bond acceptors (Lipinski definition) is 4. The Morgan fingerprint density at radius 2 is 2.57 bits per heavy atom. The average molecular weight is 119 g/mol. The van der Waals surface area contributed by atoms with E-state index in [-0.39, 0.29) is 6.61 Å². The Kier molecular flexibility index (Phi) is 3.64. The molecule has 0 heterocycles. The molecule has 0 aliphatic heterocycles. The maximum absolute atomic E-state index is 9.65. The standard InChI is InChI=1S/C3H5NO2S/c5-1-3(2-6)4-7/h1,3,6H,2H2/t3-/m1/s1. The molecule has 0 rings (SSSR count). The van der Waals surface area contributed by atoms with Gasteiger partial charge >= 0.3 is 0 Å². The normalized spacial score (nSPS) is 12.7. The summed E-state index contributed by atoms with van der Waals surface area (Å²) in [6.07, 6.45) is 0.507.